The number of aromatic nitrogens is 1. The van der Waals surface area contributed by atoms with Gasteiger partial charge < -0.3 is 4.80 Å². The molecule has 1 aliphatic carbocycles. The Morgan fingerprint density at radius 3 is 2.81 bits per heavy atom. The number of carbonyl (C=O) groups is 1. The van der Waals surface area contributed by atoms with Gasteiger partial charge in [0, 0.05) is 12.6 Å². The van der Waals surface area contributed by atoms with E-state index in [-0.39, 0.29) is 10.8 Å². The highest BCUT2D eigenvalue weighted by Gasteiger charge is 2.38. The Hall–Kier alpha value is -1.00. The predicted molar refractivity (Wildman–Crippen MR) is 88.0 cm³/mol. The highest BCUT2D eigenvalue weighted by atomic mass is 28.4. The van der Waals surface area contributed by atoms with Gasteiger partial charge >= 0.3 is 0 Å². The quantitative estimate of drug-likeness (QED) is 0.676. The van der Waals surface area contributed by atoms with Crippen molar-refractivity contribution >= 4 is 14.1 Å². The Kier molecular flexibility index (Phi) is 4.68. The molecular weight excluding hydrogens is 278 g/mol. The summed E-state index contributed by atoms with van der Waals surface area (Å²) in [7, 11) is -2.16. The largest absolute Gasteiger partial charge is 0.432 e. The predicted octanol–water partition coefficient (Wildman–Crippen LogP) is 3.97. The van der Waals surface area contributed by atoms with Crippen LogP contribution in [0.4, 0.5) is 0 Å². The summed E-state index contributed by atoms with van der Waals surface area (Å²) in [5.74, 6) is 0.605. The number of nitrogens with zero attached hydrogens (tertiary/aromatic N) is 1. The van der Waals surface area contributed by atoms with Crippen LogP contribution < -0.4 is 0 Å². The van der Waals surface area contributed by atoms with E-state index in [1.165, 1.54) is 0 Å². The Morgan fingerprint density at radius 1 is 1.43 bits per heavy atom. The summed E-state index contributed by atoms with van der Waals surface area (Å²) in [5, 5.41) is -0.00649. The maximum atomic E-state index is 12.3. The van der Waals surface area contributed by atoms with Crippen molar-refractivity contribution in [2.24, 2.45) is 5.92 Å². The van der Waals surface area contributed by atoms with Crippen molar-refractivity contribution in [2.75, 3.05) is 0 Å². The van der Waals surface area contributed by atoms with E-state index in [1.54, 1.807) is 6.20 Å². The van der Waals surface area contributed by atoms with Crippen LogP contribution in [-0.4, -0.2) is 23.9 Å². The minimum absolute atomic E-state index is 0.00649. The van der Waals surface area contributed by atoms with Crippen molar-refractivity contribution in [3.05, 3.63) is 29.6 Å². The van der Waals surface area contributed by atoms with Gasteiger partial charge in [0.1, 0.15) is 5.69 Å². The number of hydrogen-bond acceptors (Lipinski definition) is 3. The number of pyridine rings is 1. The van der Waals surface area contributed by atoms with Crippen LogP contribution in [0.25, 0.3) is 0 Å². The van der Waals surface area contributed by atoms with Gasteiger partial charge in [-0.3, -0.25) is 9.78 Å². The summed E-state index contributed by atoms with van der Waals surface area (Å²) >= 11 is 0. The summed E-state index contributed by atoms with van der Waals surface area (Å²) < 4.78 is 0. The highest BCUT2D eigenvalue weighted by molar-refractivity contribution is 6.72. The molecule has 1 heterocycles. The van der Waals surface area contributed by atoms with Gasteiger partial charge in [-0.05, 0) is 61.4 Å². The van der Waals surface area contributed by atoms with Crippen LogP contribution >= 0.6 is 0 Å². The van der Waals surface area contributed by atoms with Crippen LogP contribution in [0, 0.1) is 5.92 Å². The van der Waals surface area contributed by atoms with E-state index in [2.05, 4.69) is 18.8 Å². The molecule has 1 atom stereocenters. The first kappa shape index (κ1) is 16.4. The van der Waals surface area contributed by atoms with Gasteiger partial charge in [-0.2, -0.15) is 0 Å². The maximum Gasteiger partial charge on any atom is 0.188 e. The van der Waals surface area contributed by atoms with E-state index < -0.39 is 8.32 Å². The summed E-state index contributed by atoms with van der Waals surface area (Å²) in [6.45, 7) is 8.33. The third-order valence-electron chi connectivity index (χ3n) is 5.29. The molecule has 4 heteroatoms. The van der Waals surface area contributed by atoms with E-state index in [0.717, 1.165) is 31.2 Å². The number of hydrogen-bond donors (Lipinski definition) is 1. The molecule has 0 aliphatic heterocycles. The average Bonchev–Trinajstić information content (AvgIpc) is 2.55. The van der Waals surface area contributed by atoms with Crippen molar-refractivity contribution in [3.63, 3.8) is 0 Å². The zero-order valence-electron chi connectivity index (χ0n) is 13.6. The Bertz CT molecular complexity index is 520. The second kappa shape index (κ2) is 6.01. The lowest BCUT2D eigenvalue weighted by molar-refractivity contribution is 0.0955. The van der Waals surface area contributed by atoms with Crippen molar-refractivity contribution in [2.45, 2.75) is 64.1 Å². The third kappa shape index (κ3) is 3.80. The van der Waals surface area contributed by atoms with E-state index in [4.69, 9.17) is 0 Å². The van der Waals surface area contributed by atoms with E-state index >= 15 is 0 Å². The number of ketones is 1. The molecule has 0 amide bonds. The lowest BCUT2D eigenvalue weighted by Crippen LogP contribution is -2.39. The van der Waals surface area contributed by atoms with Crippen LogP contribution in [0.2, 0.25) is 18.1 Å². The molecular formula is C17H27NO2Si. The molecule has 3 nitrogen and oxygen atoms in total. The molecule has 0 aromatic carbocycles. The second-order valence-corrected chi connectivity index (χ2v) is 12.0. The first-order valence-electron chi connectivity index (χ1n) is 7.90. The van der Waals surface area contributed by atoms with Gasteiger partial charge in [0.25, 0.3) is 0 Å². The van der Waals surface area contributed by atoms with E-state index in [0.29, 0.717) is 18.0 Å². The first-order valence-corrected chi connectivity index (χ1v) is 10.8. The lowest BCUT2D eigenvalue weighted by Gasteiger charge is -2.36. The normalized spacial score (nSPS) is 20.0. The van der Waals surface area contributed by atoms with Gasteiger partial charge in [-0.1, -0.05) is 19.9 Å². The van der Waals surface area contributed by atoms with Gasteiger partial charge in [-0.25, -0.2) is 0 Å². The number of Topliss-reactive ketones (excluding diaryl/α,β-unsaturated/α-hetero) is 1. The van der Waals surface area contributed by atoms with Crippen molar-refractivity contribution in [1.29, 1.82) is 0 Å². The van der Waals surface area contributed by atoms with Gasteiger partial charge in [-0.15, -0.1) is 0 Å². The molecule has 0 radical (unpaired) electrons. The number of aryl methyl sites for hydroxylation is 1. The number of carbonyl (C=O) groups excluding carboxylic acids is 1. The zero-order chi connectivity index (χ0) is 15.7. The van der Waals surface area contributed by atoms with Crippen LogP contribution in [0.1, 0.15) is 55.6 Å². The van der Waals surface area contributed by atoms with Crippen LogP contribution in [0.3, 0.4) is 0 Å². The summed E-state index contributed by atoms with van der Waals surface area (Å²) in [6.07, 6.45) is 6.32. The topological polar surface area (TPSA) is 50.2 Å². The monoisotopic (exact) mass is 305 g/mol. The molecule has 1 aromatic rings. The first-order chi connectivity index (χ1) is 9.71. The Labute approximate surface area is 128 Å². The highest BCUT2D eigenvalue weighted by Crippen LogP contribution is 2.42. The minimum Gasteiger partial charge on any atom is -0.432 e. The fourth-order valence-electron chi connectivity index (χ4n) is 2.83. The van der Waals surface area contributed by atoms with Crippen molar-refractivity contribution < 1.29 is 9.59 Å². The number of rotatable bonds is 4. The number of fused-ring (bicyclic) bond motifs is 1. The van der Waals surface area contributed by atoms with Crippen LogP contribution in [0.15, 0.2) is 18.3 Å². The molecule has 1 aliphatic rings. The summed E-state index contributed by atoms with van der Waals surface area (Å²) in [5.41, 5.74) is 1.78. The molecule has 1 N–H and O–H groups in total. The smallest absolute Gasteiger partial charge is 0.188 e. The zero-order valence-corrected chi connectivity index (χ0v) is 14.6. The molecule has 0 spiro atoms. The fraction of sp³-hybridized carbons (Fsp3) is 0.647. The molecule has 0 saturated carbocycles. The second-order valence-electron chi connectivity index (χ2n) is 7.52. The standard InChI is InChI=1S/C17H27NO2Si/c1-17(2,21(3,4)20)10-9-13-7-8-14-6-5-11-18-16(14)15(19)12-13/h5-6,11,13,20H,7-10,12H2,1-4H3/t13-/m0/s1. The molecule has 0 fully saturated rings. The average molecular weight is 305 g/mol. The molecule has 1 aromatic heterocycles. The SMILES string of the molecule is CC(C)(CC[C@@H]1CCc2cccnc2C(=O)C1)[Si](C)(C)O. The summed E-state index contributed by atoms with van der Waals surface area (Å²) in [6, 6.07) is 3.94. The molecule has 116 valence electrons. The molecule has 0 bridgehead atoms. The molecule has 2 rings (SSSR count). The van der Waals surface area contributed by atoms with E-state index in [9.17, 15) is 9.59 Å². The molecule has 21 heavy (non-hydrogen) atoms. The summed E-state index contributed by atoms with van der Waals surface area (Å²) in [4.78, 5) is 27.0. The fourth-order valence-corrected chi connectivity index (χ4v) is 3.59. The van der Waals surface area contributed by atoms with Gasteiger partial charge in [0.05, 0.1) is 0 Å². The van der Waals surface area contributed by atoms with E-state index in [1.807, 2.05) is 25.2 Å². The molecule has 0 saturated heterocycles. The van der Waals surface area contributed by atoms with Gasteiger partial charge in [0.15, 0.2) is 14.1 Å². The van der Waals surface area contributed by atoms with Crippen molar-refractivity contribution in [1.82, 2.24) is 4.98 Å². The van der Waals surface area contributed by atoms with Crippen molar-refractivity contribution in [3.8, 4) is 0 Å². The van der Waals surface area contributed by atoms with Gasteiger partial charge in [0.2, 0.25) is 0 Å². The van der Waals surface area contributed by atoms with Crippen LogP contribution in [0.5, 0.6) is 0 Å². The Balaban J connectivity index is 2.01. The molecule has 0 unspecified atom stereocenters. The maximum absolute atomic E-state index is 12.3. The Morgan fingerprint density at radius 2 is 2.14 bits per heavy atom. The lowest BCUT2D eigenvalue weighted by atomic mass is 9.91. The third-order valence-corrected chi connectivity index (χ3v) is 8.85. The van der Waals surface area contributed by atoms with Crippen LogP contribution in [-0.2, 0) is 6.42 Å². The minimum atomic E-state index is -2.16.